The number of amides is 1. The van der Waals surface area contributed by atoms with Crippen molar-refractivity contribution in [1.82, 2.24) is 9.29 Å². The summed E-state index contributed by atoms with van der Waals surface area (Å²) in [6.45, 7) is 1.07. The molecule has 6 nitrogen and oxygen atoms in total. The number of thiazole rings is 1. The molecule has 1 aromatic heterocycles. The number of anilines is 1. The molecule has 0 saturated carbocycles. The molecule has 1 saturated heterocycles. The lowest BCUT2D eigenvalue weighted by atomic mass is 10.2. The Bertz CT molecular complexity index is 1220. The summed E-state index contributed by atoms with van der Waals surface area (Å²) in [7, 11) is -3.55. The van der Waals surface area contributed by atoms with Gasteiger partial charge in [0.15, 0.2) is 5.13 Å². The van der Waals surface area contributed by atoms with Crippen LogP contribution < -0.4 is 5.32 Å². The van der Waals surface area contributed by atoms with E-state index in [2.05, 4.69) is 10.3 Å². The molecule has 32 heavy (non-hydrogen) atoms. The summed E-state index contributed by atoms with van der Waals surface area (Å²) in [6.07, 6.45) is 3.84. The Morgan fingerprint density at radius 3 is 2.38 bits per heavy atom. The highest BCUT2D eigenvalue weighted by Crippen LogP contribution is 2.32. The minimum absolute atomic E-state index is 0.197. The van der Waals surface area contributed by atoms with Crippen molar-refractivity contribution in [2.45, 2.75) is 30.6 Å². The van der Waals surface area contributed by atoms with E-state index in [0.717, 1.165) is 25.7 Å². The monoisotopic (exact) mass is 509 g/mol. The van der Waals surface area contributed by atoms with Crippen molar-refractivity contribution >= 4 is 55.6 Å². The molecule has 2 aromatic carbocycles. The Morgan fingerprint density at radius 1 is 1.00 bits per heavy atom. The van der Waals surface area contributed by atoms with Gasteiger partial charge in [0.05, 0.1) is 15.6 Å². The predicted octanol–water partition coefficient (Wildman–Crippen LogP) is 5.93. The van der Waals surface area contributed by atoms with Crippen LogP contribution >= 0.6 is 34.5 Å². The average molecular weight is 510 g/mol. The Hall–Kier alpha value is -1.97. The van der Waals surface area contributed by atoms with Crippen molar-refractivity contribution in [2.75, 3.05) is 18.4 Å². The van der Waals surface area contributed by atoms with Gasteiger partial charge in [-0.25, -0.2) is 13.4 Å². The van der Waals surface area contributed by atoms with Gasteiger partial charge in [0.2, 0.25) is 10.0 Å². The quantitative estimate of drug-likeness (QED) is 0.461. The molecule has 4 rings (SSSR count). The second-order valence-electron chi connectivity index (χ2n) is 7.46. The Kier molecular flexibility index (Phi) is 7.17. The zero-order valence-corrected chi connectivity index (χ0v) is 20.2. The smallest absolute Gasteiger partial charge is 0.257 e. The topological polar surface area (TPSA) is 79.4 Å². The third-order valence-corrected chi connectivity index (χ3v) is 8.48. The number of carbonyl (C=O) groups is 1. The third-order valence-electron chi connectivity index (χ3n) is 5.25. The fourth-order valence-corrected chi connectivity index (χ4v) is 6.14. The Morgan fingerprint density at radius 2 is 1.69 bits per heavy atom. The summed E-state index contributed by atoms with van der Waals surface area (Å²) in [5.74, 6) is -0.373. The van der Waals surface area contributed by atoms with E-state index in [1.807, 2.05) is 0 Å². The summed E-state index contributed by atoms with van der Waals surface area (Å²) >= 11 is 13.5. The van der Waals surface area contributed by atoms with Gasteiger partial charge >= 0.3 is 0 Å². The van der Waals surface area contributed by atoms with Gasteiger partial charge in [0.1, 0.15) is 0 Å². The summed E-state index contributed by atoms with van der Waals surface area (Å²) in [4.78, 5) is 17.3. The molecule has 1 N–H and O–H groups in total. The lowest BCUT2D eigenvalue weighted by Gasteiger charge is -2.20. The van der Waals surface area contributed by atoms with Gasteiger partial charge in [-0.1, -0.05) is 36.0 Å². The first kappa shape index (κ1) is 23.2. The van der Waals surface area contributed by atoms with E-state index in [4.69, 9.17) is 23.2 Å². The molecule has 0 unspecified atom stereocenters. The number of benzene rings is 2. The van der Waals surface area contributed by atoms with Crippen LogP contribution in [0.15, 0.2) is 52.7 Å². The first-order chi connectivity index (χ1) is 15.3. The first-order valence-electron chi connectivity index (χ1n) is 10.2. The number of sulfonamides is 1. The van der Waals surface area contributed by atoms with Crippen LogP contribution in [0.1, 0.15) is 36.0 Å². The molecular formula is C22H21Cl2N3O3S2. The molecule has 3 aromatic rings. The summed E-state index contributed by atoms with van der Waals surface area (Å²) < 4.78 is 27.3. The van der Waals surface area contributed by atoms with Crippen LogP contribution in [0, 0.1) is 0 Å². The maximum absolute atomic E-state index is 12.9. The number of halogens is 2. The van der Waals surface area contributed by atoms with Gasteiger partial charge in [0.25, 0.3) is 5.91 Å². The Labute approximate surface area is 201 Å². The minimum atomic E-state index is -3.55. The van der Waals surface area contributed by atoms with Crippen LogP contribution in [0.3, 0.4) is 0 Å². The van der Waals surface area contributed by atoms with Gasteiger partial charge < -0.3 is 0 Å². The molecule has 1 aliphatic heterocycles. The van der Waals surface area contributed by atoms with Gasteiger partial charge in [-0.2, -0.15) is 4.31 Å². The third kappa shape index (κ3) is 5.15. The molecule has 0 aliphatic carbocycles. The normalized spacial score (nSPS) is 15.3. The summed E-state index contributed by atoms with van der Waals surface area (Å²) in [5, 5.41) is 5.98. The van der Waals surface area contributed by atoms with Crippen molar-refractivity contribution < 1.29 is 13.2 Å². The molecule has 1 fully saturated rings. The largest absolute Gasteiger partial charge is 0.298 e. The number of nitrogens with one attached hydrogen (secondary N) is 1. The van der Waals surface area contributed by atoms with E-state index in [0.29, 0.717) is 45.1 Å². The number of nitrogens with zero attached hydrogens (tertiary/aromatic N) is 2. The van der Waals surface area contributed by atoms with Gasteiger partial charge in [-0.3, -0.25) is 10.1 Å². The number of hydrogen-bond donors (Lipinski definition) is 1. The van der Waals surface area contributed by atoms with E-state index >= 15 is 0 Å². The summed E-state index contributed by atoms with van der Waals surface area (Å²) in [5.41, 5.74) is 1.63. The molecule has 10 heteroatoms. The molecule has 0 radical (unpaired) electrons. The van der Waals surface area contributed by atoms with E-state index in [9.17, 15) is 13.2 Å². The second kappa shape index (κ2) is 9.89. The molecule has 0 bridgehead atoms. The van der Waals surface area contributed by atoms with Crippen LogP contribution in [0.4, 0.5) is 5.13 Å². The lowest BCUT2D eigenvalue weighted by molar-refractivity contribution is 0.102. The summed E-state index contributed by atoms with van der Waals surface area (Å²) in [6, 6.07) is 11.1. The van der Waals surface area contributed by atoms with Gasteiger partial charge in [0, 0.05) is 34.6 Å². The standard InChI is InChI=1S/C22H21Cl2N3O3S2/c23-16-7-10-19(24)18(13-16)20-14-31-22(25-20)26-21(28)15-5-8-17(9-6-15)32(29,30)27-11-3-1-2-4-12-27/h5-10,13-14H,1-4,11-12H2,(H,25,26,28). The zero-order chi connectivity index (χ0) is 22.7. The highest BCUT2D eigenvalue weighted by molar-refractivity contribution is 7.89. The highest BCUT2D eigenvalue weighted by atomic mass is 35.5. The molecule has 2 heterocycles. The van der Waals surface area contributed by atoms with Crippen molar-refractivity contribution in [3.63, 3.8) is 0 Å². The second-order valence-corrected chi connectivity index (χ2v) is 11.1. The van der Waals surface area contributed by atoms with Gasteiger partial charge in [-0.05, 0) is 55.3 Å². The predicted molar refractivity (Wildman–Crippen MR) is 129 cm³/mol. The number of aromatic nitrogens is 1. The first-order valence-corrected chi connectivity index (χ1v) is 13.2. The SMILES string of the molecule is O=C(Nc1nc(-c2cc(Cl)ccc2Cl)cs1)c1ccc(S(=O)(=O)N2CCCCCC2)cc1. The number of carbonyl (C=O) groups excluding carboxylic acids is 1. The number of hydrogen-bond acceptors (Lipinski definition) is 5. The highest BCUT2D eigenvalue weighted by Gasteiger charge is 2.25. The molecule has 0 atom stereocenters. The van der Waals surface area contributed by atoms with Crippen molar-refractivity contribution in [3.8, 4) is 11.3 Å². The molecule has 0 spiro atoms. The fraction of sp³-hybridized carbons (Fsp3) is 0.273. The number of rotatable bonds is 5. The maximum Gasteiger partial charge on any atom is 0.257 e. The minimum Gasteiger partial charge on any atom is -0.298 e. The molecule has 1 amide bonds. The van der Waals surface area contributed by atoms with Crippen molar-refractivity contribution in [3.05, 3.63) is 63.5 Å². The van der Waals surface area contributed by atoms with Crippen LogP contribution in [0.25, 0.3) is 11.3 Å². The van der Waals surface area contributed by atoms with Crippen LogP contribution in [0.2, 0.25) is 10.0 Å². The maximum atomic E-state index is 12.9. The van der Waals surface area contributed by atoms with Gasteiger partial charge in [-0.15, -0.1) is 11.3 Å². The van der Waals surface area contributed by atoms with Crippen molar-refractivity contribution in [1.29, 1.82) is 0 Å². The van der Waals surface area contributed by atoms with E-state index < -0.39 is 10.0 Å². The average Bonchev–Trinajstić information content (AvgIpc) is 3.06. The van der Waals surface area contributed by atoms with Crippen molar-refractivity contribution in [2.24, 2.45) is 0 Å². The van der Waals surface area contributed by atoms with Crippen LogP contribution in [0.5, 0.6) is 0 Å². The van der Waals surface area contributed by atoms with E-state index in [-0.39, 0.29) is 10.8 Å². The molecule has 168 valence electrons. The molecular weight excluding hydrogens is 489 g/mol. The zero-order valence-electron chi connectivity index (χ0n) is 17.1. The van der Waals surface area contributed by atoms with E-state index in [1.165, 1.54) is 39.9 Å². The van der Waals surface area contributed by atoms with Crippen LogP contribution in [-0.2, 0) is 10.0 Å². The molecule has 1 aliphatic rings. The Balaban J connectivity index is 1.47. The van der Waals surface area contributed by atoms with E-state index in [1.54, 1.807) is 23.6 Å². The lowest BCUT2D eigenvalue weighted by Crippen LogP contribution is -2.31. The fourth-order valence-electron chi connectivity index (χ4n) is 3.53. The van der Waals surface area contributed by atoms with Crippen LogP contribution in [-0.4, -0.2) is 36.7 Å².